The van der Waals surface area contributed by atoms with Crippen LogP contribution in [0.5, 0.6) is 17.2 Å². The van der Waals surface area contributed by atoms with Gasteiger partial charge >= 0.3 is 5.97 Å². The van der Waals surface area contributed by atoms with Gasteiger partial charge in [-0.2, -0.15) is 5.26 Å². The molecule has 0 saturated heterocycles. The largest absolute Gasteiger partial charge is 0.491 e. The first-order valence-electron chi connectivity index (χ1n) is 10.8. The Kier molecular flexibility index (Phi) is 9.21. The van der Waals surface area contributed by atoms with Gasteiger partial charge in [-0.25, -0.2) is 0 Å². The van der Waals surface area contributed by atoms with Gasteiger partial charge in [-0.1, -0.05) is 56.3 Å². The number of benzene rings is 3. The maximum Gasteiger partial charge on any atom is 0.315 e. The third kappa shape index (κ3) is 7.15. The first-order chi connectivity index (χ1) is 16.4. The smallest absolute Gasteiger partial charge is 0.315 e. The lowest BCUT2D eigenvalue weighted by atomic mass is 9.88. The number of para-hydroxylation sites is 1. The quantitative estimate of drug-likeness (QED) is 0.218. The standard InChI is InChI=1S/C27H25Cl2NO4/c1-18(2)26(19-11-13-21(14-12-19)32-17-25(28)29)27(31)34-24(16-30)20-7-6-10-23(15-20)33-22-8-4-3-5-9-22/h3-15,18,24-26H,17H2,1-2H3. The third-order valence-electron chi connectivity index (χ3n) is 5.03. The monoisotopic (exact) mass is 497 g/mol. The van der Waals surface area contributed by atoms with Crippen LogP contribution in [0.25, 0.3) is 0 Å². The molecule has 0 radical (unpaired) electrons. The van der Waals surface area contributed by atoms with Crippen LogP contribution in [0.1, 0.15) is 37.0 Å². The molecule has 0 bridgehead atoms. The van der Waals surface area contributed by atoms with E-state index in [4.69, 9.17) is 37.4 Å². The van der Waals surface area contributed by atoms with Crippen molar-refractivity contribution >= 4 is 29.2 Å². The molecular formula is C27H25Cl2NO4. The van der Waals surface area contributed by atoms with E-state index in [0.29, 0.717) is 22.8 Å². The molecule has 7 heteroatoms. The van der Waals surface area contributed by atoms with Gasteiger partial charge in [-0.15, -0.1) is 23.2 Å². The van der Waals surface area contributed by atoms with Crippen LogP contribution in [0.3, 0.4) is 0 Å². The number of ether oxygens (including phenoxy) is 3. The SMILES string of the molecule is CC(C)C(C(=O)OC(C#N)c1cccc(Oc2ccccc2)c1)c1ccc(OCC(Cl)Cl)cc1. The minimum Gasteiger partial charge on any atom is -0.491 e. The van der Waals surface area contributed by atoms with Crippen molar-refractivity contribution in [3.8, 4) is 23.3 Å². The van der Waals surface area contributed by atoms with Crippen molar-refractivity contribution in [2.75, 3.05) is 6.61 Å². The Hall–Kier alpha value is -3.20. The second-order valence-electron chi connectivity index (χ2n) is 7.93. The van der Waals surface area contributed by atoms with Crippen LogP contribution in [-0.2, 0) is 9.53 Å². The second-order valence-corrected chi connectivity index (χ2v) is 9.20. The average Bonchev–Trinajstić information content (AvgIpc) is 2.82. The molecule has 5 nitrogen and oxygen atoms in total. The summed E-state index contributed by atoms with van der Waals surface area (Å²) in [4.78, 5) is 12.5. The summed E-state index contributed by atoms with van der Waals surface area (Å²) in [6.07, 6.45) is -1.07. The maximum atomic E-state index is 13.1. The van der Waals surface area contributed by atoms with E-state index >= 15 is 0 Å². The third-order valence-corrected chi connectivity index (χ3v) is 5.28. The number of hydrogen-bond donors (Lipinski definition) is 0. The van der Waals surface area contributed by atoms with Crippen molar-refractivity contribution in [1.82, 2.24) is 0 Å². The number of carbonyl (C=O) groups is 1. The van der Waals surface area contributed by atoms with E-state index < -0.39 is 22.8 Å². The van der Waals surface area contributed by atoms with E-state index in [-0.39, 0.29) is 12.5 Å². The molecule has 3 aromatic rings. The molecule has 0 N–H and O–H groups in total. The van der Waals surface area contributed by atoms with Crippen LogP contribution in [0.4, 0.5) is 0 Å². The van der Waals surface area contributed by atoms with Crippen LogP contribution in [-0.4, -0.2) is 17.4 Å². The molecular weight excluding hydrogens is 473 g/mol. The first-order valence-corrected chi connectivity index (χ1v) is 11.7. The van der Waals surface area contributed by atoms with E-state index in [9.17, 15) is 10.1 Å². The zero-order valence-corrected chi connectivity index (χ0v) is 20.4. The van der Waals surface area contributed by atoms with Crippen molar-refractivity contribution < 1.29 is 19.0 Å². The molecule has 2 atom stereocenters. The zero-order chi connectivity index (χ0) is 24.5. The molecule has 2 unspecified atom stereocenters. The highest BCUT2D eigenvalue weighted by Crippen LogP contribution is 2.31. The van der Waals surface area contributed by atoms with Gasteiger partial charge in [0.05, 0.1) is 5.92 Å². The summed E-state index contributed by atoms with van der Waals surface area (Å²) < 4.78 is 17.0. The van der Waals surface area contributed by atoms with Gasteiger partial charge < -0.3 is 14.2 Å². The number of esters is 1. The van der Waals surface area contributed by atoms with Crippen molar-refractivity contribution in [3.05, 3.63) is 90.0 Å². The van der Waals surface area contributed by atoms with Crippen LogP contribution in [0.15, 0.2) is 78.9 Å². The number of halogens is 2. The summed E-state index contributed by atoms with van der Waals surface area (Å²) in [6, 6.07) is 25.5. The highest BCUT2D eigenvalue weighted by Gasteiger charge is 2.29. The fourth-order valence-electron chi connectivity index (χ4n) is 3.45. The number of hydrogen-bond acceptors (Lipinski definition) is 5. The van der Waals surface area contributed by atoms with Crippen LogP contribution in [0.2, 0.25) is 0 Å². The molecule has 34 heavy (non-hydrogen) atoms. The Bertz CT molecular complexity index is 1110. The molecule has 0 saturated carbocycles. The molecule has 0 aromatic heterocycles. The summed E-state index contributed by atoms with van der Waals surface area (Å²) >= 11 is 11.4. The number of nitrogens with zero attached hydrogens (tertiary/aromatic N) is 1. The van der Waals surface area contributed by atoms with Gasteiger partial charge in [-0.05, 0) is 47.9 Å². The molecule has 0 aliphatic carbocycles. The summed E-state index contributed by atoms with van der Waals surface area (Å²) in [7, 11) is 0. The fraction of sp³-hybridized carbons (Fsp3) is 0.259. The van der Waals surface area contributed by atoms with Gasteiger partial charge in [0, 0.05) is 5.56 Å². The Morgan fingerprint density at radius 3 is 2.18 bits per heavy atom. The van der Waals surface area contributed by atoms with Crippen molar-refractivity contribution in [3.63, 3.8) is 0 Å². The Labute approximate surface area is 209 Å². The summed E-state index contributed by atoms with van der Waals surface area (Å²) in [6.45, 7) is 4.02. The van der Waals surface area contributed by atoms with Gasteiger partial charge in [0.25, 0.3) is 0 Å². The highest BCUT2D eigenvalue weighted by molar-refractivity contribution is 6.44. The molecule has 3 aromatic carbocycles. The van der Waals surface area contributed by atoms with E-state index in [1.165, 1.54) is 0 Å². The number of rotatable bonds is 10. The van der Waals surface area contributed by atoms with Crippen molar-refractivity contribution in [2.24, 2.45) is 5.92 Å². The van der Waals surface area contributed by atoms with E-state index in [2.05, 4.69) is 6.07 Å². The lowest BCUT2D eigenvalue weighted by Crippen LogP contribution is -2.22. The van der Waals surface area contributed by atoms with Crippen molar-refractivity contribution in [2.45, 2.75) is 30.7 Å². The Balaban J connectivity index is 1.73. The molecule has 3 rings (SSSR count). The number of alkyl halides is 2. The average molecular weight is 498 g/mol. The van der Waals surface area contributed by atoms with Crippen LogP contribution >= 0.6 is 23.2 Å². The summed E-state index contributed by atoms with van der Waals surface area (Å²) in [5.41, 5.74) is 1.30. The first kappa shape index (κ1) is 25.4. The topological polar surface area (TPSA) is 68.6 Å². The molecule has 0 heterocycles. The normalized spacial score (nSPS) is 12.6. The summed E-state index contributed by atoms with van der Waals surface area (Å²) in [5, 5.41) is 9.73. The molecule has 0 spiro atoms. The van der Waals surface area contributed by atoms with Gasteiger partial charge in [-0.3, -0.25) is 4.79 Å². The number of nitriles is 1. The van der Waals surface area contributed by atoms with Gasteiger partial charge in [0.1, 0.15) is 34.8 Å². The second kappa shape index (κ2) is 12.3. The van der Waals surface area contributed by atoms with E-state index in [0.717, 1.165) is 5.56 Å². The predicted molar refractivity (Wildman–Crippen MR) is 132 cm³/mol. The summed E-state index contributed by atoms with van der Waals surface area (Å²) in [5.74, 6) is 0.725. The van der Waals surface area contributed by atoms with Crippen LogP contribution < -0.4 is 9.47 Å². The van der Waals surface area contributed by atoms with E-state index in [1.54, 1.807) is 48.5 Å². The Morgan fingerprint density at radius 1 is 0.882 bits per heavy atom. The van der Waals surface area contributed by atoms with Crippen molar-refractivity contribution in [1.29, 1.82) is 5.26 Å². The minimum atomic E-state index is -1.07. The number of carbonyl (C=O) groups excluding carboxylic acids is 1. The lowest BCUT2D eigenvalue weighted by molar-refractivity contribution is -0.150. The van der Waals surface area contributed by atoms with Crippen LogP contribution in [0, 0.1) is 17.2 Å². The zero-order valence-electron chi connectivity index (χ0n) is 18.9. The van der Waals surface area contributed by atoms with Gasteiger partial charge in [0.15, 0.2) is 0 Å². The lowest BCUT2D eigenvalue weighted by Gasteiger charge is -2.22. The van der Waals surface area contributed by atoms with Gasteiger partial charge in [0.2, 0.25) is 6.10 Å². The predicted octanol–water partition coefficient (Wildman–Crippen LogP) is 7.21. The fourth-order valence-corrected chi connectivity index (χ4v) is 3.57. The molecule has 176 valence electrons. The molecule has 0 fully saturated rings. The highest BCUT2D eigenvalue weighted by atomic mass is 35.5. The molecule has 0 aliphatic rings. The minimum absolute atomic E-state index is 0.0542. The molecule has 0 amide bonds. The maximum absolute atomic E-state index is 13.1. The molecule has 0 aliphatic heterocycles. The Morgan fingerprint density at radius 2 is 1.56 bits per heavy atom. The van der Waals surface area contributed by atoms with E-state index in [1.807, 2.05) is 44.2 Å².